The van der Waals surface area contributed by atoms with E-state index in [2.05, 4.69) is 11.8 Å². The van der Waals surface area contributed by atoms with Gasteiger partial charge in [-0.3, -0.25) is 0 Å². The average Bonchev–Trinajstić information content (AvgIpc) is 3.11. The fourth-order valence-corrected chi connectivity index (χ4v) is 3.42. The summed E-state index contributed by atoms with van der Waals surface area (Å²) in [4.78, 5) is 23.4. The number of hydrogen-bond acceptors (Lipinski definition) is 5. The number of aldehydes is 1. The van der Waals surface area contributed by atoms with Gasteiger partial charge in [0.25, 0.3) is 0 Å². The summed E-state index contributed by atoms with van der Waals surface area (Å²) >= 11 is 0. The number of carbonyl (C=O) groups excluding carboxylic acids is 2. The lowest BCUT2D eigenvalue weighted by Crippen LogP contribution is -2.24. The van der Waals surface area contributed by atoms with Gasteiger partial charge in [0.15, 0.2) is 6.10 Å². The van der Waals surface area contributed by atoms with Crippen molar-refractivity contribution in [3.63, 3.8) is 0 Å². The zero-order valence-corrected chi connectivity index (χ0v) is 16.1. The van der Waals surface area contributed by atoms with Crippen LogP contribution in [0.2, 0.25) is 0 Å². The first-order valence-corrected chi connectivity index (χ1v) is 9.74. The summed E-state index contributed by atoms with van der Waals surface area (Å²) in [6.45, 7) is 0.0865. The topological polar surface area (TPSA) is 72.8 Å². The van der Waals surface area contributed by atoms with Crippen LogP contribution in [0, 0.1) is 23.7 Å². The molecule has 0 amide bonds. The van der Waals surface area contributed by atoms with Crippen LogP contribution in [0.3, 0.4) is 0 Å². The standard InChI is InChI=1S/C24H24O5/c25-16-15-22-18(12-14-23(22)26)11-13-21(17-28-20-9-5-2-6-10-20)29-24(27)19-7-3-1-4-8-19/h1-10,16,18,21-23,26H,12,14-15,17H2/t18-,21?,22+,23-/m0/s1. The Morgan fingerprint density at radius 3 is 2.48 bits per heavy atom. The monoisotopic (exact) mass is 392 g/mol. The van der Waals surface area contributed by atoms with Crippen molar-refractivity contribution in [2.75, 3.05) is 6.61 Å². The zero-order chi connectivity index (χ0) is 20.5. The van der Waals surface area contributed by atoms with E-state index in [-0.39, 0.29) is 24.9 Å². The smallest absolute Gasteiger partial charge is 0.339 e. The Balaban J connectivity index is 1.72. The SMILES string of the molecule is O=CC[C@H]1[C@@H](O)CC[C@@H]1C#CC(COc1ccccc1)OC(=O)c1ccccc1. The second kappa shape index (κ2) is 10.4. The van der Waals surface area contributed by atoms with E-state index in [0.717, 1.165) is 6.29 Å². The van der Waals surface area contributed by atoms with E-state index in [1.807, 2.05) is 36.4 Å². The summed E-state index contributed by atoms with van der Waals surface area (Å²) in [5.41, 5.74) is 0.439. The third-order valence-electron chi connectivity index (χ3n) is 4.99. The minimum Gasteiger partial charge on any atom is -0.489 e. The maximum Gasteiger partial charge on any atom is 0.339 e. The molecule has 0 heterocycles. The Kier molecular flexibility index (Phi) is 7.43. The van der Waals surface area contributed by atoms with Crippen LogP contribution in [0.25, 0.3) is 0 Å². The van der Waals surface area contributed by atoms with E-state index in [1.54, 1.807) is 24.3 Å². The molecule has 150 valence electrons. The highest BCUT2D eigenvalue weighted by Gasteiger charge is 2.33. The van der Waals surface area contributed by atoms with Gasteiger partial charge in [0.05, 0.1) is 11.7 Å². The molecule has 1 fully saturated rings. The van der Waals surface area contributed by atoms with Gasteiger partial charge >= 0.3 is 5.97 Å². The predicted molar refractivity (Wildman–Crippen MR) is 108 cm³/mol. The Bertz CT molecular complexity index is 853. The van der Waals surface area contributed by atoms with Crippen molar-refractivity contribution >= 4 is 12.3 Å². The number of para-hydroxylation sites is 1. The lowest BCUT2D eigenvalue weighted by Gasteiger charge is -2.16. The molecule has 1 aliphatic rings. The second-order valence-corrected chi connectivity index (χ2v) is 6.99. The van der Waals surface area contributed by atoms with E-state index in [9.17, 15) is 14.7 Å². The maximum absolute atomic E-state index is 12.4. The first-order chi connectivity index (χ1) is 14.2. The van der Waals surface area contributed by atoms with E-state index in [0.29, 0.717) is 24.2 Å². The molecular formula is C24H24O5. The van der Waals surface area contributed by atoms with Gasteiger partial charge in [0.1, 0.15) is 18.6 Å². The molecule has 1 unspecified atom stereocenters. The molecule has 1 aliphatic carbocycles. The van der Waals surface area contributed by atoms with E-state index < -0.39 is 18.2 Å². The number of rotatable bonds is 7. The number of carbonyl (C=O) groups is 2. The highest BCUT2D eigenvalue weighted by Crippen LogP contribution is 2.33. The molecule has 2 aromatic carbocycles. The quantitative estimate of drug-likeness (QED) is 0.445. The number of esters is 1. The molecule has 0 spiro atoms. The highest BCUT2D eigenvalue weighted by atomic mass is 16.6. The van der Waals surface area contributed by atoms with Gasteiger partial charge in [-0.15, -0.1) is 0 Å². The van der Waals surface area contributed by atoms with Crippen LogP contribution < -0.4 is 4.74 Å². The maximum atomic E-state index is 12.4. The van der Waals surface area contributed by atoms with Crippen LogP contribution in [-0.4, -0.2) is 36.2 Å². The minimum atomic E-state index is -0.766. The normalized spacial score (nSPS) is 21.5. The second-order valence-electron chi connectivity index (χ2n) is 6.99. The molecule has 0 aliphatic heterocycles. The number of benzene rings is 2. The zero-order valence-electron chi connectivity index (χ0n) is 16.1. The molecule has 3 rings (SSSR count). The van der Waals surface area contributed by atoms with Crippen LogP contribution in [0.1, 0.15) is 29.6 Å². The molecule has 0 bridgehead atoms. The third-order valence-corrected chi connectivity index (χ3v) is 4.99. The first-order valence-electron chi connectivity index (χ1n) is 9.74. The third kappa shape index (κ3) is 5.94. The van der Waals surface area contributed by atoms with Crippen LogP contribution in [-0.2, 0) is 9.53 Å². The van der Waals surface area contributed by atoms with Gasteiger partial charge in [-0.1, -0.05) is 48.2 Å². The summed E-state index contributed by atoms with van der Waals surface area (Å²) in [6, 6.07) is 17.9. The molecule has 0 saturated heterocycles. The molecule has 1 saturated carbocycles. The summed E-state index contributed by atoms with van der Waals surface area (Å²) in [6.07, 6.45) is 1.13. The molecule has 1 N–H and O–H groups in total. The summed E-state index contributed by atoms with van der Waals surface area (Å²) in [7, 11) is 0. The van der Waals surface area contributed by atoms with Gasteiger partial charge in [0.2, 0.25) is 0 Å². The van der Waals surface area contributed by atoms with Gasteiger partial charge in [-0.2, -0.15) is 0 Å². The number of hydrogen-bond donors (Lipinski definition) is 1. The molecule has 5 heteroatoms. The van der Waals surface area contributed by atoms with E-state index in [4.69, 9.17) is 9.47 Å². The van der Waals surface area contributed by atoms with Crippen molar-refractivity contribution in [1.82, 2.24) is 0 Å². The van der Waals surface area contributed by atoms with Crippen molar-refractivity contribution in [2.45, 2.75) is 31.5 Å². The molecule has 29 heavy (non-hydrogen) atoms. The van der Waals surface area contributed by atoms with Crippen molar-refractivity contribution in [3.8, 4) is 17.6 Å². The molecule has 0 radical (unpaired) electrons. The predicted octanol–water partition coefficient (Wildman–Crippen LogP) is 3.27. The van der Waals surface area contributed by atoms with Gasteiger partial charge in [-0.05, 0) is 37.1 Å². The van der Waals surface area contributed by atoms with Crippen molar-refractivity contribution < 1.29 is 24.2 Å². The van der Waals surface area contributed by atoms with Crippen molar-refractivity contribution in [3.05, 3.63) is 66.2 Å². The van der Waals surface area contributed by atoms with Crippen molar-refractivity contribution in [1.29, 1.82) is 0 Å². The number of aliphatic hydroxyl groups is 1. The van der Waals surface area contributed by atoms with Crippen LogP contribution >= 0.6 is 0 Å². The highest BCUT2D eigenvalue weighted by molar-refractivity contribution is 5.89. The van der Waals surface area contributed by atoms with E-state index >= 15 is 0 Å². The molecule has 5 nitrogen and oxygen atoms in total. The van der Waals surface area contributed by atoms with E-state index in [1.165, 1.54) is 0 Å². The molecule has 4 atom stereocenters. The lowest BCUT2D eigenvalue weighted by atomic mass is 9.92. The summed E-state index contributed by atoms with van der Waals surface area (Å²) < 4.78 is 11.3. The fourth-order valence-electron chi connectivity index (χ4n) is 3.42. The van der Waals surface area contributed by atoms with Crippen LogP contribution in [0.5, 0.6) is 5.75 Å². The van der Waals surface area contributed by atoms with Gasteiger partial charge in [0, 0.05) is 18.3 Å². The van der Waals surface area contributed by atoms with Crippen molar-refractivity contribution in [2.24, 2.45) is 11.8 Å². The fraction of sp³-hybridized carbons (Fsp3) is 0.333. The average molecular weight is 392 g/mol. The summed E-state index contributed by atoms with van der Waals surface area (Å²) in [5.74, 6) is 6.01. The minimum absolute atomic E-state index is 0.0865. The molecular weight excluding hydrogens is 368 g/mol. The first kappa shape index (κ1) is 20.6. The van der Waals surface area contributed by atoms with Crippen LogP contribution in [0.4, 0.5) is 0 Å². The summed E-state index contributed by atoms with van der Waals surface area (Å²) in [5, 5.41) is 10.1. The van der Waals surface area contributed by atoms with Crippen LogP contribution in [0.15, 0.2) is 60.7 Å². The molecule has 0 aromatic heterocycles. The lowest BCUT2D eigenvalue weighted by molar-refractivity contribution is -0.109. The number of aliphatic hydroxyl groups excluding tert-OH is 1. The van der Waals surface area contributed by atoms with Gasteiger partial charge < -0.3 is 19.4 Å². The Morgan fingerprint density at radius 2 is 1.79 bits per heavy atom. The molecule has 2 aromatic rings. The largest absolute Gasteiger partial charge is 0.489 e. The number of ether oxygens (including phenoxy) is 2. The Labute approximate surface area is 170 Å². The Morgan fingerprint density at radius 1 is 1.10 bits per heavy atom. The Hall–Kier alpha value is -3.10. The van der Waals surface area contributed by atoms with Gasteiger partial charge in [-0.25, -0.2) is 4.79 Å².